The molecule has 0 radical (unpaired) electrons. The van der Waals surface area contributed by atoms with Crippen molar-refractivity contribution >= 4 is 45.8 Å². The second-order valence-corrected chi connectivity index (χ2v) is 7.18. The van der Waals surface area contributed by atoms with Crippen LogP contribution < -0.4 is 4.74 Å². The van der Waals surface area contributed by atoms with E-state index in [4.69, 9.17) is 16.3 Å². The molecule has 3 rings (SSSR count). The molecule has 0 atom stereocenters. The van der Waals surface area contributed by atoms with Gasteiger partial charge >= 0.3 is 0 Å². The van der Waals surface area contributed by atoms with Crippen molar-refractivity contribution in [2.45, 2.75) is 18.2 Å². The smallest absolute Gasteiger partial charge is 0.226 e. The van der Waals surface area contributed by atoms with Crippen molar-refractivity contribution in [1.29, 1.82) is 0 Å². The zero-order valence-corrected chi connectivity index (χ0v) is 16.0. The van der Waals surface area contributed by atoms with Crippen molar-refractivity contribution < 1.29 is 9.53 Å². The molecule has 0 spiro atoms. The summed E-state index contributed by atoms with van der Waals surface area (Å²) in [5, 5.41) is -0.353. The van der Waals surface area contributed by atoms with Gasteiger partial charge in [0.1, 0.15) is 5.75 Å². The molecule has 2 aromatic rings. The van der Waals surface area contributed by atoms with Gasteiger partial charge in [0.2, 0.25) is 5.24 Å². The molecule has 0 amide bonds. The lowest BCUT2D eigenvalue weighted by Crippen LogP contribution is -1.92. The largest absolute Gasteiger partial charge is 0.497 e. The topological polar surface area (TPSA) is 26.3 Å². The molecule has 4 heteroatoms. The summed E-state index contributed by atoms with van der Waals surface area (Å²) >= 11 is 7.40. The highest BCUT2D eigenvalue weighted by Crippen LogP contribution is 2.45. The molecular weight excluding hydrogens is 352 g/mol. The second kappa shape index (κ2) is 7.51. The van der Waals surface area contributed by atoms with E-state index >= 15 is 0 Å². The van der Waals surface area contributed by atoms with Gasteiger partial charge in [0, 0.05) is 11.3 Å². The molecule has 0 saturated heterocycles. The van der Waals surface area contributed by atoms with Crippen molar-refractivity contribution in [2.75, 3.05) is 13.4 Å². The number of benzene rings is 2. The maximum absolute atomic E-state index is 11.5. The van der Waals surface area contributed by atoms with E-state index in [0.717, 1.165) is 39.2 Å². The maximum atomic E-state index is 11.5. The molecule has 25 heavy (non-hydrogen) atoms. The molecule has 0 aliphatic heterocycles. The Labute approximate surface area is 157 Å². The van der Waals surface area contributed by atoms with Crippen LogP contribution in [0.1, 0.15) is 30.0 Å². The van der Waals surface area contributed by atoms with Crippen molar-refractivity contribution in [3.05, 3.63) is 64.7 Å². The molecule has 128 valence electrons. The van der Waals surface area contributed by atoms with Crippen LogP contribution in [-0.2, 0) is 4.79 Å². The van der Waals surface area contributed by atoms with Gasteiger partial charge in [-0.3, -0.25) is 4.79 Å². The molecule has 0 unspecified atom stereocenters. The second-order valence-electron chi connectivity index (χ2n) is 5.88. The number of halogens is 1. The van der Waals surface area contributed by atoms with Crippen LogP contribution in [0.25, 0.3) is 17.2 Å². The molecule has 0 aromatic heterocycles. The summed E-state index contributed by atoms with van der Waals surface area (Å²) < 4.78 is 5.34. The number of fused-ring (bicyclic) bond motifs is 1. The number of allylic oxidation sites excluding steroid dienone is 3. The van der Waals surface area contributed by atoms with E-state index in [0.29, 0.717) is 0 Å². The highest BCUT2D eigenvalue weighted by atomic mass is 35.5. The molecule has 0 fully saturated rings. The van der Waals surface area contributed by atoms with Gasteiger partial charge in [-0.15, -0.1) is 11.8 Å². The Morgan fingerprint density at radius 3 is 2.48 bits per heavy atom. The predicted molar refractivity (Wildman–Crippen MR) is 107 cm³/mol. The maximum Gasteiger partial charge on any atom is 0.226 e. The minimum Gasteiger partial charge on any atom is -0.497 e. The van der Waals surface area contributed by atoms with Gasteiger partial charge in [-0.25, -0.2) is 0 Å². The Hall–Kier alpha value is -1.97. The van der Waals surface area contributed by atoms with Gasteiger partial charge < -0.3 is 4.74 Å². The van der Waals surface area contributed by atoms with E-state index in [1.165, 1.54) is 4.90 Å². The molecule has 1 aliphatic carbocycles. The third kappa shape index (κ3) is 3.68. The number of thioether (sulfide) groups is 1. The Balaban J connectivity index is 2.11. The molecular formula is C21H19ClO2S. The van der Waals surface area contributed by atoms with Crippen LogP contribution in [-0.4, -0.2) is 18.6 Å². The Morgan fingerprint density at radius 1 is 1.16 bits per heavy atom. The molecule has 0 heterocycles. The predicted octanol–water partition coefficient (Wildman–Crippen LogP) is 5.90. The zero-order chi connectivity index (χ0) is 18.0. The van der Waals surface area contributed by atoms with E-state index < -0.39 is 0 Å². The van der Waals surface area contributed by atoms with Crippen molar-refractivity contribution in [3.8, 4) is 5.75 Å². The van der Waals surface area contributed by atoms with Crippen LogP contribution in [0.3, 0.4) is 0 Å². The summed E-state index contributed by atoms with van der Waals surface area (Å²) in [6.45, 7) is 2.05. The number of ether oxygens (including phenoxy) is 1. The third-order valence-electron chi connectivity index (χ3n) is 4.44. The Morgan fingerprint density at radius 2 is 1.88 bits per heavy atom. The monoisotopic (exact) mass is 370 g/mol. The molecule has 1 aliphatic rings. The minimum absolute atomic E-state index is 0.219. The van der Waals surface area contributed by atoms with E-state index in [9.17, 15) is 4.79 Å². The first-order chi connectivity index (χ1) is 12.0. The summed E-state index contributed by atoms with van der Waals surface area (Å²) in [5.41, 5.74) is 6.46. The van der Waals surface area contributed by atoms with E-state index in [1.54, 1.807) is 18.9 Å². The average molecular weight is 371 g/mol. The molecule has 2 aromatic carbocycles. The normalized spacial score (nSPS) is 14.8. The first-order valence-electron chi connectivity index (χ1n) is 7.96. The van der Waals surface area contributed by atoms with Crippen molar-refractivity contribution in [2.24, 2.45) is 0 Å². The SMILES string of the molecule is COc1ccc2c(c1)C(CC(=O)Cl)=C(C)C2=Cc1ccc(SC)cc1. The van der Waals surface area contributed by atoms with Gasteiger partial charge in [-0.2, -0.15) is 0 Å². The fraction of sp³-hybridized carbons (Fsp3) is 0.190. The summed E-state index contributed by atoms with van der Waals surface area (Å²) in [6, 6.07) is 14.4. The van der Waals surface area contributed by atoms with Gasteiger partial charge in [0.25, 0.3) is 0 Å². The number of hydrogen-bond donors (Lipinski definition) is 0. The van der Waals surface area contributed by atoms with Gasteiger partial charge in [-0.1, -0.05) is 18.2 Å². The van der Waals surface area contributed by atoms with Gasteiger partial charge in [-0.05, 0) is 88.5 Å². The fourth-order valence-electron chi connectivity index (χ4n) is 3.12. The lowest BCUT2D eigenvalue weighted by molar-refractivity contribution is -0.110. The van der Waals surface area contributed by atoms with E-state index in [2.05, 4.69) is 36.6 Å². The van der Waals surface area contributed by atoms with Crippen LogP contribution in [0.5, 0.6) is 5.75 Å². The van der Waals surface area contributed by atoms with Crippen molar-refractivity contribution in [1.82, 2.24) is 0 Å². The van der Waals surface area contributed by atoms with Gasteiger partial charge in [0.05, 0.1) is 7.11 Å². The average Bonchev–Trinajstić information content (AvgIpc) is 2.87. The van der Waals surface area contributed by atoms with Crippen LogP contribution in [0.15, 0.2) is 52.9 Å². The van der Waals surface area contributed by atoms with Crippen LogP contribution in [0.4, 0.5) is 0 Å². The Kier molecular flexibility index (Phi) is 5.36. The van der Waals surface area contributed by atoms with Crippen LogP contribution >= 0.6 is 23.4 Å². The van der Waals surface area contributed by atoms with E-state index in [-0.39, 0.29) is 11.7 Å². The summed E-state index contributed by atoms with van der Waals surface area (Å²) in [7, 11) is 1.64. The number of carbonyl (C=O) groups excluding carboxylic acids is 1. The Bertz CT molecular complexity index is 879. The summed E-state index contributed by atoms with van der Waals surface area (Å²) in [5.74, 6) is 0.775. The number of methoxy groups -OCH3 is 1. The van der Waals surface area contributed by atoms with Crippen molar-refractivity contribution in [3.63, 3.8) is 0 Å². The number of carbonyl (C=O) groups is 1. The van der Waals surface area contributed by atoms with Gasteiger partial charge in [0.15, 0.2) is 0 Å². The molecule has 0 N–H and O–H groups in total. The summed E-state index contributed by atoms with van der Waals surface area (Å²) in [6.07, 6.45) is 4.45. The zero-order valence-electron chi connectivity index (χ0n) is 14.4. The van der Waals surface area contributed by atoms with Crippen LogP contribution in [0, 0.1) is 0 Å². The highest BCUT2D eigenvalue weighted by molar-refractivity contribution is 7.98. The first kappa shape index (κ1) is 17.8. The van der Waals surface area contributed by atoms with Crippen LogP contribution in [0.2, 0.25) is 0 Å². The number of rotatable bonds is 5. The number of hydrogen-bond acceptors (Lipinski definition) is 3. The third-order valence-corrected chi connectivity index (χ3v) is 5.32. The standard InChI is InChI=1S/C21H19ClO2S/c1-13-18(10-14-4-7-16(25-3)8-5-14)17-9-6-15(24-2)11-20(17)19(13)12-21(22)23/h4-11H,12H2,1-3H3. The quantitative estimate of drug-likeness (QED) is 0.484. The minimum atomic E-state index is -0.353. The molecule has 2 nitrogen and oxygen atoms in total. The molecule has 0 saturated carbocycles. The summed E-state index contributed by atoms with van der Waals surface area (Å²) in [4.78, 5) is 12.8. The molecule has 0 bridgehead atoms. The lowest BCUT2D eigenvalue weighted by atomic mass is 10.0. The lowest BCUT2D eigenvalue weighted by Gasteiger charge is -2.07. The first-order valence-corrected chi connectivity index (χ1v) is 9.56. The van der Waals surface area contributed by atoms with E-state index in [1.807, 2.05) is 25.1 Å². The fourth-order valence-corrected chi connectivity index (χ4v) is 3.66. The highest BCUT2D eigenvalue weighted by Gasteiger charge is 2.25.